The van der Waals surface area contributed by atoms with Crippen LogP contribution in [0.3, 0.4) is 0 Å². The van der Waals surface area contributed by atoms with Crippen molar-refractivity contribution in [3.63, 3.8) is 0 Å². The minimum Gasteiger partial charge on any atom is -0.387 e. The van der Waals surface area contributed by atoms with Gasteiger partial charge in [-0.1, -0.05) is 36.4 Å². The summed E-state index contributed by atoms with van der Waals surface area (Å²) in [4.78, 5) is 0. The number of aliphatic hydroxyl groups excluding tert-OH is 2. The van der Waals surface area contributed by atoms with E-state index in [2.05, 4.69) is 6.58 Å². The Morgan fingerprint density at radius 3 is 2.68 bits per heavy atom. The van der Waals surface area contributed by atoms with Crippen LogP contribution in [0.2, 0.25) is 0 Å². The van der Waals surface area contributed by atoms with E-state index < -0.39 is 37.0 Å². The zero-order valence-corrected chi connectivity index (χ0v) is 12.1. The Morgan fingerprint density at radius 2 is 1.95 bits per heavy atom. The van der Waals surface area contributed by atoms with Crippen LogP contribution in [0.4, 0.5) is 0 Å². The van der Waals surface area contributed by atoms with Crippen LogP contribution < -0.4 is 0 Å². The molecular formula is C16H20O6. The van der Waals surface area contributed by atoms with E-state index in [9.17, 15) is 10.2 Å². The van der Waals surface area contributed by atoms with Gasteiger partial charge in [-0.25, -0.2) is 0 Å². The Hall–Kier alpha value is -1.28. The summed E-state index contributed by atoms with van der Waals surface area (Å²) in [5.74, 6) is 0. The molecule has 0 saturated carbocycles. The number of fused-ring (bicyclic) bond motifs is 1. The highest BCUT2D eigenvalue weighted by Gasteiger charge is 2.49. The first-order chi connectivity index (χ1) is 10.7. The SMILES string of the molecule is C=CCO[C@H]1O[C@@H]2CO[C@H](c3ccccc3)O[C@@H]2[C@H](O)[C@H]1O. The van der Waals surface area contributed by atoms with E-state index in [-0.39, 0.29) is 13.2 Å². The Balaban J connectivity index is 1.69. The normalized spacial score (nSPS) is 38.3. The molecule has 2 aliphatic rings. The maximum atomic E-state index is 10.3. The number of rotatable bonds is 4. The highest BCUT2D eigenvalue weighted by Crippen LogP contribution is 2.34. The first-order valence-electron chi connectivity index (χ1n) is 7.27. The molecular weight excluding hydrogens is 288 g/mol. The fraction of sp³-hybridized carbons (Fsp3) is 0.500. The molecule has 0 amide bonds. The average molecular weight is 308 g/mol. The lowest BCUT2D eigenvalue weighted by atomic mass is 9.98. The number of hydrogen-bond donors (Lipinski definition) is 2. The van der Waals surface area contributed by atoms with Crippen molar-refractivity contribution in [2.45, 2.75) is 37.0 Å². The van der Waals surface area contributed by atoms with E-state index in [4.69, 9.17) is 18.9 Å². The third-order valence-electron chi connectivity index (χ3n) is 3.78. The Bertz CT molecular complexity index is 491. The van der Waals surface area contributed by atoms with E-state index in [1.807, 2.05) is 30.3 Å². The molecule has 0 aromatic heterocycles. The van der Waals surface area contributed by atoms with Crippen LogP contribution in [-0.2, 0) is 18.9 Å². The monoisotopic (exact) mass is 308 g/mol. The van der Waals surface area contributed by atoms with Crippen LogP contribution in [-0.4, -0.2) is 54.1 Å². The van der Waals surface area contributed by atoms with Crippen LogP contribution in [0.15, 0.2) is 43.0 Å². The molecule has 0 bridgehead atoms. The van der Waals surface area contributed by atoms with E-state index in [0.29, 0.717) is 0 Å². The summed E-state index contributed by atoms with van der Waals surface area (Å²) in [5.41, 5.74) is 0.854. The maximum absolute atomic E-state index is 10.3. The van der Waals surface area contributed by atoms with Gasteiger partial charge in [0, 0.05) is 5.56 Å². The summed E-state index contributed by atoms with van der Waals surface area (Å²) in [6.07, 6.45) is -3.41. The van der Waals surface area contributed by atoms with Gasteiger partial charge < -0.3 is 29.2 Å². The molecule has 1 aromatic rings. The van der Waals surface area contributed by atoms with Crippen LogP contribution in [0.5, 0.6) is 0 Å². The predicted molar refractivity (Wildman–Crippen MR) is 76.8 cm³/mol. The fourth-order valence-corrected chi connectivity index (χ4v) is 2.66. The summed E-state index contributed by atoms with van der Waals surface area (Å²) < 4.78 is 22.4. The maximum Gasteiger partial charge on any atom is 0.187 e. The van der Waals surface area contributed by atoms with E-state index in [1.165, 1.54) is 0 Å². The first-order valence-corrected chi connectivity index (χ1v) is 7.27. The lowest BCUT2D eigenvalue weighted by Crippen LogP contribution is -2.62. The second kappa shape index (κ2) is 6.87. The van der Waals surface area contributed by atoms with Crippen molar-refractivity contribution in [3.8, 4) is 0 Å². The summed E-state index contributed by atoms with van der Waals surface area (Å²) in [7, 11) is 0. The lowest BCUT2D eigenvalue weighted by molar-refractivity contribution is -0.360. The van der Waals surface area contributed by atoms with E-state index in [0.717, 1.165) is 5.56 Å². The van der Waals surface area contributed by atoms with Gasteiger partial charge in [0.05, 0.1) is 13.2 Å². The molecule has 0 unspecified atom stereocenters. The summed E-state index contributed by atoms with van der Waals surface area (Å²) in [5, 5.41) is 20.4. The van der Waals surface area contributed by atoms with Gasteiger partial charge in [0.1, 0.15) is 24.4 Å². The molecule has 0 spiro atoms. The average Bonchev–Trinajstić information content (AvgIpc) is 2.57. The number of aliphatic hydroxyl groups is 2. The summed E-state index contributed by atoms with van der Waals surface area (Å²) >= 11 is 0. The van der Waals surface area contributed by atoms with Crippen LogP contribution >= 0.6 is 0 Å². The number of ether oxygens (including phenoxy) is 4. The molecule has 2 aliphatic heterocycles. The minimum absolute atomic E-state index is 0.222. The van der Waals surface area contributed by atoms with E-state index >= 15 is 0 Å². The molecule has 6 heteroatoms. The Morgan fingerprint density at radius 1 is 1.18 bits per heavy atom. The predicted octanol–water partition coefficient (Wildman–Crippen LogP) is 0.750. The van der Waals surface area contributed by atoms with Gasteiger partial charge in [-0.3, -0.25) is 0 Å². The zero-order valence-electron chi connectivity index (χ0n) is 12.1. The molecule has 2 fully saturated rings. The molecule has 22 heavy (non-hydrogen) atoms. The molecule has 1 aromatic carbocycles. The molecule has 0 aliphatic carbocycles. The molecule has 2 heterocycles. The molecule has 120 valence electrons. The zero-order chi connectivity index (χ0) is 15.5. The van der Waals surface area contributed by atoms with Gasteiger partial charge in [-0.2, -0.15) is 0 Å². The molecule has 6 nitrogen and oxygen atoms in total. The summed E-state index contributed by atoms with van der Waals surface area (Å²) in [6, 6.07) is 9.44. The number of hydrogen-bond acceptors (Lipinski definition) is 6. The van der Waals surface area contributed by atoms with Crippen molar-refractivity contribution in [3.05, 3.63) is 48.6 Å². The largest absolute Gasteiger partial charge is 0.387 e. The topological polar surface area (TPSA) is 77.4 Å². The molecule has 0 radical (unpaired) electrons. The highest BCUT2D eigenvalue weighted by molar-refractivity contribution is 5.16. The third kappa shape index (κ3) is 3.08. The van der Waals surface area contributed by atoms with Gasteiger partial charge in [-0.05, 0) is 0 Å². The van der Waals surface area contributed by atoms with Crippen molar-refractivity contribution in [1.29, 1.82) is 0 Å². The minimum atomic E-state index is -1.18. The lowest BCUT2D eigenvalue weighted by Gasteiger charge is -2.46. The smallest absolute Gasteiger partial charge is 0.187 e. The van der Waals surface area contributed by atoms with Crippen molar-refractivity contribution in [2.24, 2.45) is 0 Å². The Labute approximate surface area is 128 Å². The van der Waals surface area contributed by atoms with Gasteiger partial charge in [0.2, 0.25) is 0 Å². The van der Waals surface area contributed by atoms with Crippen molar-refractivity contribution >= 4 is 0 Å². The summed E-state index contributed by atoms with van der Waals surface area (Å²) in [6.45, 7) is 4.01. The Kier molecular flexibility index (Phi) is 4.87. The fourth-order valence-electron chi connectivity index (χ4n) is 2.66. The van der Waals surface area contributed by atoms with Crippen molar-refractivity contribution in [1.82, 2.24) is 0 Å². The highest BCUT2D eigenvalue weighted by atomic mass is 16.8. The first kappa shape index (κ1) is 15.6. The standard InChI is InChI=1S/C16H20O6/c1-2-8-19-16-13(18)12(17)14-11(21-16)9-20-15(22-14)10-6-4-3-5-7-10/h2-7,11-18H,1,8-9H2/t11-,12-,13-,14+,15+,16+/m1/s1. The number of benzene rings is 1. The van der Waals surface area contributed by atoms with Gasteiger partial charge >= 0.3 is 0 Å². The van der Waals surface area contributed by atoms with Crippen LogP contribution in [0.1, 0.15) is 11.9 Å². The van der Waals surface area contributed by atoms with Crippen LogP contribution in [0.25, 0.3) is 0 Å². The second-order valence-corrected chi connectivity index (χ2v) is 5.32. The molecule has 2 N–H and O–H groups in total. The van der Waals surface area contributed by atoms with Gasteiger partial charge in [-0.15, -0.1) is 6.58 Å². The van der Waals surface area contributed by atoms with Crippen molar-refractivity contribution in [2.75, 3.05) is 13.2 Å². The second-order valence-electron chi connectivity index (χ2n) is 5.32. The molecule has 2 saturated heterocycles. The van der Waals surface area contributed by atoms with Crippen molar-refractivity contribution < 1.29 is 29.2 Å². The van der Waals surface area contributed by atoms with Gasteiger partial charge in [0.25, 0.3) is 0 Å². The third-order valence-corrected chi connectivity index (χ3v) is 3.78. The molecule has 6 atom stereocenters. The van der Waals surface area contributed by atoms with Gasteiger partial charge in [0.15, 0.2) is 12.6 Å². The molecule has 3 rings (SSSR count). The quantitative estimate of drug-likeness (QED) is 0.799. The van der Waals surface area contributed by atoms with Crippen LogP contribution in [0, 0.1) is 0 Å². The van der Waals surface area contributed by atoms with E-state index in [1.54, 1.807) is 6.08 Å².